The summed E-state index contributed by atoms with van der Waals surface area (Å²) in [6.07, 6.45) is 4.32. The maximum atomic E-state index is 13.1. The molecule has 0 atom stereocenters. The van der Waals surface area contributed by atoms with Crippen molar-refractivity contribution in [3.8, 4) is 11.4 Å². The SMILES string of the molecule is Cc1ccccc1-n1nnnc1C1(N(C)C(=O)Oc2ccccc2)CCCCC1. The van der Waals surface area contributed by atoms with Gasteiger partial charge in [-0.05, 0) is 54.0 Å². The zero-order valence-electron chi connectivity index (χ0n) is 16.8. The van der Waals surface area contributed by atoms with E-state index in [9.17, 15) is 4.79 Å². The van der Waals surface area contributed by atoms with E-state index >= 15 is 0 Å². The average Bonchev–Trinajstić information content (AvgIpc) is 3.25. The Labute approximate surface area is 170 Å². The number of carbonyl (C=O) groups is 1. The second-order valence-corrected chi connectivity index (χ2v) is 7.53. The first-order chi connectivity index (χ1) is 14.1. The predicted octanol–water partition coefficient (Wildman–Crippen LogP) is 4.26. The van der Waals surface area contributed by atoms with E-state index in [0.29, 0.717) is 11.6 Å². The van der Waals surface area contributed by atoms with Crippen LogP contribution in [0.15, 0.2) is 54.6 Å². The van der Waals surface area contributed by atoms with Crippen LogP contribution in [0, 0.1) is 6.92 Å². The van der Waals surface area contributed by atoms with Crippen LogP contribution in [0.4, 0.5) is 4.79 Å². The Hall–Kier alpha value is -3.22. The lowest BCUT2D eigenvalue weighted by molar-refractivity contribution is 0.0622. The van der Waals surface area contributed by atoms with Crippen LogP contribution in [0.25, 0.3) is 5.69 Å². The lowest BCUT2D eigenvalue weighted by atomic mass is 9.79. The third-order valence-electron chi connectivity index (χ3n) is 5.77. The third kappa shape index (κ3) is 3.60. The second-order valence-electron chi connectivity index (χ2n) is 7.53. The largest absolute Gasteiger partial charge is 0.415 e. The summed E-state index contributed by atoms with van der Waals surface area (Å²) in [4.78, 5) is 14.7. The maximum Gasteiger partial charge on any atom is 0.415 e. The fourth-order valence-electron chi connectivity index (χ4n) is 4.12. The Morgan fingerprint density at radius 3 is 2.45 bits per heavy atom. The van der Waals surface area contributed by atoms with E-state index in [1.807, 2.05) is 49.4 Å². The summed E-state index contributed by atoms with van der Waals surface area (Å²) in [5, 5.41) is 12.6. The van der Waals surface area contributed by atoms with Gasteiger partial charge in [0, 0.05) is 7.05 Å². The van der Waals surface area contributed by atoms with Gasteiger partial charge in [-0.15, -0.1) is 5.10 Å². The molecule has 0 N–H and O–H groups in total. The summed E-state index contributed by atoms with van der Waals surface area (Å²) >= 11 is 0. The number of aromatic nitrogens is 4. The van der Waals surface area contributed by atoms with Crippen LogP contribution in [-0.2, 0) is 5.54 Å². The average molecular weight is 391 g/mol. The van der Waals surface area contributed by atoms with E-state index in [-0.39, 0.29) is 0 Å². The molecule has 0 radical (unpaired) electrons. The van der Waals surface area contributed by atoms with Crippen LogP contribution in [0.1, 0.15) is 43.5 Å². The first kappa shape index (κ1) is 19.1. The van der Waals surface area contributed by atoms with Crippen molar-refractivity contribution in [1.82, 2.24) is 25.1 Å². The van der Waals surface area contributed by atoms with Gasteiger partial charge in [-0.3, -0.25) is 4.90 Å². The molecule has 1 amide bonds. The maximum absolute atomic E-state index is 13.1. The zero-order chi connectivity index (χ0) is 20.3. The number of carbonyl (C=O) groups excluding carboxylic acids is 1. The van der Waals surface area contributed by atoms with Crippen LogP contribution in [0.5, 0.6) is 5.75 Å². The lowest BCUT2D eigenvalue weighted by Gasteiger charge is -2.42. The van der Waals surface area contributed by atoms with E-state index in [1.165, 1.54) is 0 Å². The topological polar surface area (TPSA) is 73.1 Å². The molecule has 7 heteroatoms. The Kier molecular flexibility index (Phi) is 5.29. The summed E-state index contributed by atoms with van der Waals surface area (Å²) in [6, 6.07) is 17.1. The quantitative estimate of drug-likeness (QED) is 0.664. The fraction of sp³-hybridized carbons (Fsp3) is 0.364. The Morgan fingerprint density at radius 1 is 1.03 bits per heavy atom. The fourth-order valence-corrected chi connectivity index (χ4v) is 4.12. The first-order valence-electron chi connectivity index (χ1n) is 9.97. The lowest BCUT2D eigenvalue weighted by Crippen LogP contribution is -2.51. The van der Waals surface area contributed by atoms with Crippen molar-refractivity contribution in [3.63, 3.8) is 0 Å². The van der Waals surface area contributed by atoms with Gasteiger partial charge in [-0.1, -0.05) is 55.7 Å². The number of tetrazole rings is 1. The van der Waals surface area contributed by atoms with Crippen molar-refractivity contribution in [2.75, 3.05) is 7.05 Å². The minimum absolute atomic E-state index is 0.405. The molecule has 0 spiro atoms. The normalized spacial score (nSPS) is 15.7. The van der Waals surface area contributed by atoms with E-state index in [0.717, 1.165) is 43.4 Å². The molecule has 0 aliphatic heterocycles. The minimum Gasteiger partial charge on any atom is -0.410 e. The predicted molar refractivity (Wildman–Crippen MR) is 109 cm³/mol. The number of hydrogen-bond donors (Lipinski definition) is 0. The molecule has 1 aliphatic rings. The highest BCUT2D eigenvalue weighted by atomic mass is 16.6. The van der Waals surface area contributed by atoms with Crippen LogP contribution in [-0.4, -0.2) is 38.2 Å². The van der Waals surface area contributed by atoms with E-state index in [1.54, 1.807) is 28.8 Å². The van der Waals surface area contributed by atoms with Crippen molar-refractivity contribution < 1.29 is 9.53 Å². The highest BCUT2D eigenvalue weighted by Gasteiger charge is 2.45. The molecule has 150 valence electrons. The number of ether oxygens (including phenoxy) is 1. The molecule has 1 aliphatic carbocycles. The second kappa shape index (κ2) is 8.03. The zero-order valence-corrected chi connectivity index (χ0v) is 16.8. The van der Waals surface area contributed by atoms with Crippen molar-refractivity contribution >= 4 is 6.09 Å². The third-order valence-corrected chi connectivity index (χ3v) is 5.77. The summed E-state index contributed by atoms with van der Waals surface area (Å²) in [5.41, 5.74) is 1.37. The van der Waals surface area contributed by atoms with Gasteiger partial charge in [0.1, 0.15) is 11.3 Å². The van der Waals surface area contributed by atoms with Crippen LogP contribution >= 0.6 is 0 Å². The Morgan fingerprint density at radius 2 is 1.72 bits per heavy atom. The van der Waals surface area contributed by atoms with Crippen molar-refractivity contribution in [1.29, 1.82) is 0 Å². The van der Waals surface area contributed by atoms with Crippen molar-refractivity contribution in [2.45, 2.75) is 44.6 Å². The number of para-hydroxylation sites is 2. The number of nitrogens with zero attached hydrogens (tertiary/aromatic N) is 5. The smallest absolute Gasteiger partial charge is 0.410 e. The molecular weight excluding hydrogens is 366 g/mol. The van der Waals surface area contributed by atoms with Gasteiger partial charge in [0.05, 0.1) is 5.69 Å². The van der Waals surface area contributed by atoms with Crippen molar-refractivity contribution in [2.24, 2.45) is 0 Å². The monoisotopic (exact) mass is 391 g/mol. The van der Waals surface area contributed by atoms with Gasteiger partial charge >= 0.3 is 6.09 Å². The molecule has 29 heavy (non-hydrogen) atoms. The number of aryl methyl sites for hydroxylation is 1. The number of rotatable bonds is 4. The van der Waals surface area contributed by atoms with Crippen LogP contribution in [0.2, 0.25) is 0 Å². The van der Waals surface area contributed by atoms with E-state index in [4.69, 9.17) is 4.74 Å². The molecule has 1 aromatic heterocycles. The molecule has 2 aromatic carbocycles. The molecule has 4 rings (SSSR count). The van der Waals surface area contributed by atoms with Gasteiger partial charge in [0.2, 0.25) is 0 Å². The van der Waals surface area contributed by atoms with Crippen LogP contribution < -0.4 is 4.74 Å². The Balaban J connectivity index is 1.72. The highest BCUT2D eigenvalue weighted by molar-refractivity contribution is 5.71. The summed E-state index contributed by atoms with van der Waals surface area (Å²) < 4.78 is 7.40. The molecule has 0 saturated heterocycles. The molecule has 7 nitrogen and oxygen atoms in total. The highest BCUT2D eigenvalue weighted by Crippen LogP contribution is 2.41. The number of amides is 1. The van der Waals surface area contributed by atoms with E-state index < -0.39 is 11.6 Å². The van der Waals surface area contributed by atoms with Gasteiger partial charge in [-0.2, -0.15) is 4.68 Å². The van der Waals surface area contributed by atoms with Gasteiger partial charge in [0.25, 0.3) is 0 Å². The molecule has 0 unspecified atom stereocenters. The molecule has 1 saturated carbocycles. The number of benzene rings is 2. The Bertz CT molecular complexity index is 980. The molecule has 0 bridgehead atoms. The minimum atomic E-state index is -0.615. The van der Waals surface area contributed by atoms with Crippen LogP contribution in [0.3, 0.4) is 0 Å². The molecule has 1 heterocycles. The summed E-state index contributed by atoms with van der Waals surface area (Å²) in [7, 11) is 1.79. The molecular formula is C22H25N5O2. The van der Waals surface area contributed by atoms with E-state index in [2.05, 4.69) is 15.5 Å². The number of hydrogen-bond acceptors (Lipinski definition) is 5. The standard InChI is InChI=1S/C22H25N5O2/c1-17-11-7-8-14-19(17)27-20(23-24-25-27)22(15-9-4-10-16-22)26(2)21(28)29-18-12-5-3-6-13-18/h3,5-8,11-14H,4,9-10,15-16H2,1-2H3. The van der Waals surface area contributed by atoms with Gasteiger partial charge in [0.15, 0.2) is 5.82 Å². The summed E-state index contributed by atoms with van der Waals surface area (Å²) in [5.74, 6) is 1.20. The first-order valence-corrected chi connectivity index (χ1v) is 9.97. The molecule has 1 fully saturated rings. The van der Waals surface area contributed by atoms with Gasteiger partial charge < -0.3 is 4.74 Å². The summed E-state index contributed by atoms with van der Waals surface area (Å²) in [6.45, 7) is 2.03. The molecule has 3 aromatic rings. The van der Waals surface area contributed by atoms with Gasteiger partial charge in [-0.25, -0.2) is 4.79 Å². The van der Waals surface area contributed by atoms with Crippen molar-refractivity contribution in [3.05, 3.63) is 66.0 Å².